The Bertz CT molecular complexity index is 174. The molecule has 0 aliphatic heterocycles. The number of isocyanates is 1. The van der Waals surface area contributed by atoms with Gasteiger partial charge in [0, 0.05) is 13.2 Å². The smallest absolute Gasteiger partial charge is 0.360 e. The highest BCUT2D eigenvalue weighted by molar-refractivity contribution is 6.67. The summed E-state index contributed by atoms with van der Waals surface area (Å²) in [6.45, 7) is 7.04. The van der Waals surface area contributed by atoms with Crippen molar-refractivity contribution in [3.8, 4) is 0 Å². The topological polar surface area (TPSA) is 47.9 Å². The van der Waals surface area contributed by atoms with Crippen LogP contribution in [0.2, 0.25) is 6.04 Å². The average Bonchev–Trinajstić information content (AvgIpc) is 2.15. The summed E-state index contributed by atoms with van der Waals surface area (Å²) in [4.78, 5) is 13.6. The number of nitrogens with zero attached hydrogens (tertiary/aromatic N) is 1. The van der Waals surface area contributed by atoms with Crippen LogP contribution in [0.5, 0.6) is 0 Å². The van der Waals surface area contributed by atoms with E-state index < -0.39 is 8.56 Å². The zero-order chi connectivity index (χ0) is 10.2. The minimum absolute atomic E-state index is 0.356. The van der Waals surface area contributed by atoms with Gasteiger partial charge in [0.1, 0.15) is 0 Å². The van der Waals surface area contributed by atoms with Crippen molar-refractivity contribution in [3.63, 3.8) is 0 Å². The van der Waals surface area contributed by atoms with Crippen molar-refractivity contribution < 1.29 is 13.6 Å². The predicted octanol–water partition coefficient (Wildman–Crippen LogP) is 1.40. The van der Waals surface area contributed by atoms with Crippen molar-refractivity contribution in [2.75, 3.05) is 19.4 Å². The molecule has 0 amide bonds. The van der Waals surface area contributed by atoms with Gasteiger partial charge in [-0.05, 0) is 19.9 Å². The summed E-state index contributed by atoms with van der Waals surface area (Å²) in [6.07, 6.45) is 1.88. The first-order valence-corrected chi connectivity index (χ1v) is 6.79. The number of carbonyl (C=O) groups excluding carboxylic acids is 1. The monoisotopic (exact) mass is 203 g/mol. The highest BCUT2D eigenvalue weighted by Crippen LogP contribution is 2.13. The quantitative estimate of drug-likeness (QED) is 0.357. The Balaban J connectivity index is 4.32. The van der Waals surface area contributed by atoms with Crippen LogP contribution in [-0.2, 0) is 13.6 Å². The van der Waals surface area contributed by atoms with Crippen molar-refractivity contribution in [1.29, 1.82) is 0 Å². The molecular weight excluding hydrogens is 186 g/mol. The molecular formula is C8H17NO3Si. The van der Waals surface area contributed by atoms with Gasteiger partial charge in [0.05, 0.1) is 6.17 Å². The van der Waals surface area contributed by atoms with E-state index >= 15 is 0 Å². The van der Waals surface area contributed by atoms with Crippen LogP contribution in [0, 0.1) is 0 Å². The predicted molar refractivity (Wildman–Crippen MR) is 52.5 cm³/mol. The van der Waals surface area contributed by atoms with Crippen LogP contribution >= 0.6 is 0 Å². The van der Waals surface area contributed by atoms with Crippen LogP contribution in [0.4, 0.5) is 0 Å². The maximum absolute atomic E-state index is 10.00. The maximum atomic E-state index is 10.00. The third kappa shape index (κ3) is 4.33. The molecule has 0 saturated heterocycles. The molecule has 0 fully saturated rings. The van der Waals surface area contributed by atoms with Crippen molar-refractivity contribution in [1.82, 2.24) is 0 Å². The van der Waals surface area contributed by atoms with Gasteiger partial charge in [-0.1, -0.05) is 6.92 Å². The molecule has 5 heteroatoms. The molecule has 0 radical (unpaired) electrons. The molecule has 0 aliphatic rings. The number of rotatable bonds is 7. The summed E-state index contributed by atoms with van der Waals surface area (Å²) < 4.78 is 11.1. The van der Waals surface area contributed by atoms with Gasteiger partial charge in [-0.2, -0.15) is 0 Å². The number of hydrogen-bond acceptors (Lipinski definition) is 4. The molecule has 0 aliphatic carbocycles. The molecule has 0 heterocycles. The molecule has 0 rings (SSSR count). The molecule has 13 heavy (non-hydrogen) atoms. The van der Waals surface area contributed by atoms with Crippen LogP contribution < -0.4 is 0 Å². The number of aliphatic imine (C=N–C) groups is 1. The Morgan fingerprint density at radius 2 is 1.77 bits per heavy atom. The normalized spacial score (nSPS) is 11.0. The van der Waals surface area contributed by atoms with Gasteiger partial charge in [-0.25, -0.2) is 9.79 Å². The lowest BCUT2D eigenvalue weighted by atomic mass is 10.9. The Kier molecular flexibility index (Phi) is 6.71. The lowest BCUT2D eigenvalue weighted by Crippen LogP contribution is -2.45. The molecule has 0 saturated carbocycles. The van der Waals surface area contributed by atoms with Gasteiger partial charge < -0.3 is 8.85 Å². The summed E-state index contributed by atoms with van der Waals surface area (Å²) in [5.41, 5.74) is 0. The van der Waals surface area contributed by atoms with E-state index in [-0.39, 0.29) is 0 Å². The minimum atomic E-state index is -2.22. The van der Waals surface area contributed by atoms with Crippen LogP contribution in [0.1, 0.15) is 20.8 Å². The van der Waals surface area contributed by atoms with Crippen LogP contribution in [0.25, 0.3) is 0 Å². The van der Waals surface area contributed by atoms with Crippen molar-refractivity contribution in [2.24, 2.45) is 4.99 Å². The zero-order valence-corrected chi connectivity index (χ0v) is 9.50. The lowest BCUT2D eigenvalue weighted by Gasteiger charge is -2.26. The molecule has 0 spiro atoms. The van der Waals surface area contributed by atoms with E-state index in [0.717, 1.165) is 6.04 Å². The molecule has 0 aromatic carbocycles. The maximum Gasteiger partial charge on any atom is 0.360 e. The Labute approximate surface area is 80.2 Å². The van der Waals surface area contributed by atoms with Gasteiger partial charge in [-0.3, -0.25) is 0 Å². The van der Waals surface area contributed by atoms with Crippen molar-refractivity contribution in [3.05, 3.63) is 0 Å². The molecule has 0 unspecified atom stereocenters. The molecule has 0 bridgehead atoms. The fourth-order valence-electron chi connectivity index (χ4n) is 1.13. The highest BCUT2D eigenvalue weighted by Gasteiger charge is 2.34. The first-order valence-electron chi connectivity index (χ1n) is 4.56. The van der Waals surface area contributed by atoms with Gasteiger partial charge in [-0.15, -0.1) is 0 Å². The van der Waals surface area contributed by atoms with Gasteiger partial charge in [0.15, 0.2) is 0 Å². The third-order valence-corrected chi connectivity index (χ3v) is 5.08. The van der Waals surface area contributed by atoms with Crippen molar-refractivity contribution >= 4 is 14.6 Å². The minimum Gasteiger partial charge on any atom is -0.393 e. The highest BCUT2D eigenvalue weighted by atomic mass is 28.4. The van der Waals surface area contributed by atoms with E-state index in [4.69, 9.17) is 8.85 Å². The summed E-state index contributed by atoms with van der Waals surface area (Å²) in [6, 6.07) is 0.805. The summed E-state index contributed by atoms with van der Waals surface area (Å²) in [5.74, 6) is 0. The molecule has 0 aromatic rings. The van der Waals surface area contributed by atoms with E-state index in [1.165, 1.54) is 6.08 Å². The van der Waals surface area contributed by atoms with E-state index in [1.54, 1.807) is 0 Å². The second kappa shape index (κ2) is 6.97. The second-order valence-corrected chi connectivity index (χ2v) is 5.96. The largest absolute Gasteiger partial charge is 0.393 e. The molecule has 0 atom stereocenters. The van der Waals surface area contributed by atoms with Crippen LogP contribution in [0.3, 0.4) is 0 Å². The standard InChI is InChI=1S/C8H17NO3Si/c1-4-11-13(6-3,12-5-2)8-9-7-10/h4-6,8H2,1-3H3. The van der Waals surface area contributed by atoms with E-state index in [1.807, 2.05) is 20.8 Å². The van der Waals surface area contributed by atoms with Gasteiger partial charge in [0.2, 0.25) is 6.08 Å². The fraction of sp³-hybridized carbons (Fsp3) is 0.875. The van der Waals surface area contributed by atoms with Crippen molar-refractivity contribution in [2.45, 2.75) is 26.8 Å². The van der Waals surface area contributed by atoms with E-state index in [0.29, 0.717) is 19.4 Å². The molecule has 76 valence electrons. The first-order chi connectivity index (χ1) is 6.24. The van der Waals surface area contributed by atoms with E-state index in [9.17, 15) is 4.79 Å². The van der Waals surface area contributed by atoms with Gasteiger partial charge >= 0.3 is 8.56 Å². The van der Waals surface area contributed by atoms with Crippen LogP contribution in [0.15, 0.2) is 4.99 Å². The fourth-order valence-corrected chi connectivity index (χ4v) is 3.38. The Morgan fingerprint density at radius 3 is 2.08 bits per heavy atom. The summed E-state index contributed by atoms with van der Waals surface area (Å²) in [5, 5.41) is 0. The van der Waals surface area contributed by atoms with Gasteiger partial charge in [0.25, 0.3) is 0 Å². The second-order valence-electron chi connectivity index (χ2n) is 2.54. The number of hydrogen-bond donors (Lipinski definition) is 0. The average molecular weight is 203 g/mol. The molecule has 0 N–H and O–H groups in total. The Hall–Kier alpha value is -0.483. The van der Waals surface area contributed by atoms with E-state index in [2.05, 4.69) is 4.99 Å². The zero-order valence-electron chi connectivity index (χ0n) is 8.50. The summed E-state index contributed by atoms with van der Waals surface area (Å²) in [7, 11) is -2.22. The summed E-state index contributed by atoms with van der Waals surface area (Å²) >= 11 is 0. The lowest BCUT2D eigenvalue weighted by molar-refractivity contribution is 0.185. The first kappa shape index (κ1) is 12.5. The van der Waals surface area contributed by atoms with Crippen LogP contribution in [-0.4, -0.2) is 34.0 Å². The Morgan fingerprint density at radius 1 is 1.23 bits per heavy atom. The molecule has 0 aromatic heterocycles. The SMILES string of the molecule is CCO[Si](CC)(CN=C=O)OCC. The molecule has 4 nitrogen and oxygen atoms in total. The third-order valence-electron chi connectivity index (χ3n) is 1.74.